The Morgan fingerprint density at radius 2 is 1.14 bits per heavy atom. The Hall–Kier alpha value is -2.73. The maximum atomic E-state index is 11.6. The molecule has 0 aliphatic carbocycles. The van der Waals surface area contributed by atoms with Crippen molar-refractivity contribution < 1.29 is 59.0 Å². The van der Waals surface area contributed by atoms with E-state index in [1.54, 1.807) is 0 Å². The Morgan fingerprint density at radius 1 is 0.639 bits per heavy atom. The molecule has 12 nitrogen and oxygen atoms in total. The van der Waals surface area contributed by atoms with E-state index in [2.05, 4.69) is 0 Å². The number of carboxylic acid groups (broad SMARTS) is 5. The standard InChI is InChI=1S/C12H20O7.C12H22O5/c1-4-11(5-2,9(15)16)12(10(17)18,19-6-3)7-8(13)14;1-3-5-7-12(11(15)16,9-10(13)14)17-8-6-4-2/h4-7H2,1-3H3,(H,13,14)(H,15,16)(H,17,18);3-9H2,1-2H3,(H,13,14)(H,15,16). The molecular formula is C24H42O12. The second-order valence-corrected chi connectivity index (χ2v) is 8.41. The van der Waals surface area contributed by atoms with Crippen molar-refractivity contribution in [2.75, 3.05) is 13.2 Å². The van der Waals surface area contributed by atoms with Crippen LogP contribution in [0.1, 0.15) is 92.4 Å². The Bertz CT molecular complexity index is 731. The molecule has 12 heteroatoms. The topological polar surface area (TPSA) is 205 Å². The van der Waals surface area contributed by atoms with Crippen molar-refractivity contribution in [1.29, 1.82) is 0 Å². The van der Waals surface area contributed by atoms with E-state index in [4.69, 9.17) is 19.7 Å². The lowest BCUT2D eigenvalue weighted by Gasteiger charge is -2.42. The number of rotatable bonds is 19. The van der Waals surface area contributed by atoms with E-state index in [-0.39, 0.29) is 25.9 Å². The average molecular weight is 523 g/mol. The quantitative estimate of drug-likeness (QED) is 0.155. The smallest absolute Gasteiger partial charge is 0.337 e. The molecule has 0 aromatic heterocycles. The maximum absolute atomic E-state index is 11.6. The summed E-state index contributed by atoms with van der Waals surface area (Å²) >= 11 is 0. The number of hydrogen-bond donors (Lipinski definition) is 5. The molecule has 0 fully saturated rings. The Kier molecular flexibility index (Phi) is 16.6. The van der Waals surface area contributed by atoms with E-state index in [0.29, 0.717) is 13.0 Å². The molecule has 0 radical (unpaired) electrons. The minimum Gasteiger partial charge on any atom is -0.481 e. The molecule has 0 aromatic rings. The Labute approximate surface area is 211 Å². The number of carboxylic acids is 5. The van der Waals surface area contributed by atoms with Gasteiger partial charge in [-0.1, -0.05) is 47.0 Å². The van der Waals surface area contributed by atoms with Crippen molar-refractivity contribution in [2.45, 2.75) is 104 Å². The zero-order valence-corrected chi connectivity index (χ0v) is 21.9. The van der Waals surface area contributed by atoms with Gasteiger partial charge in [-0.25, -0.2) is 9.59 Å². The van der Waals surface area contributed by atoms with Gasteiger partial charge in [0.2, 0.25) is 0 Å². The molecule has 0 aromatic carbocycles. The van der Waals surface area contributed by atoms with Crippen LogP contribution in [0.5, 0.6) is 0 Å². The zero-order chi connectivity index (χ0) is 28.6. The van der Waals surface area contributed by atoms with Crippen LogP contribution in [0, 0.1) is 5.41 Å². The van der Waals surface area contributed by atoms with Crippen LogP contribution in [0.4, 0.5) is 0 Å². The second kappa shape index (κ2) is 16.9. The summed E-state index contributed by atoms with van der Waals surface area (Å²) in [5.41, 5.74) is -5.62. The van der Waals surface area contributed by atoms with Gasteiger partial charge in [-0.05, 0) is 32.6 Å². The summed E-state index contributed by atoms with van der Waals surface area (Å²) in [6.45, 7) is 8.62. The summed E-state index contributed by atoms with van der Waals surface area (Å²) in [4.78, 5) is 56.1. The summed E-state index contributed by atoms with van der Waals surface area (Å²) in [6, 6.07) is 0. The number of hydrogen-bond acceptors (Lipinski definition) is 7. The van der Waals surface area contributed by atoms with Gasteiger partial charge in [-0.2, -0.15) is 0 Å². The van der Waals surface area contributed by atoms with Crippen LogP contribution in [0.25, 0.3) is 0 Å². The minimum atomic E-state index is -2.27. The molecule has 0 aliphatic rings. The third-order valence-corrected chi connectivity index (χ3v) is 6.16. The van der Waals surface area contributed by atoms with Gasteiger partial charge in [0.05, 0.1) is 12.8 Å². The number of ether oxygens (including phenoxy) is 2. The molecule has 0 aliphatic heterocycles. The molecule has 0 rings (SSSR count). The highest BCUT2D eigenvalue weighted by Gasteiger charge is 2.62. The van der Waals surface area contributed by atoms with E-state index in [9.17, 15) is 39.3 Å². The van der Waals surface area contributed by atoms with Gasteiger partial charge in [-0.15, -0.1) is 0 Å². The lowest BCUT2D eigenvalue weighted by Crippen LogP contribution is -2.60. The molecule has 0 heterocycles. The van der Waals surface area contributed by atoms with Crippen LogP contribution in [-0.4, -0.2) is 79.8 Å². The molecule has 2 atom stereocenters. The molecule has 0 spiro atoms. The fraction of sp³-hybridized carbons (Fsp3) is 0.792. The SMILES string of the molecule is CCCCOC(CCCC)(CC(=O)O)C(=O)O.CCOC(CC(=O)O)(C(=O)O)C(CC)(CC)C(=O)O. The molecule has 0 amide bonds. The largest absolute Gasteiger partial charge is 0.481 e. The molecule has 5 N–H and O–H groups in total. The first-order chi connectivity index (χ1) is 16.7. The van der Waals surface area contributed by atoms with Crippen molar-refractivity contribution >= 4 is 29.8 Å². The predicted octanol–water partition coefficient (Wildman–Crippen LogP) is 3.50. The molecule has 210 valence electrons. The average Bonchev–Trinajstić information content (AvgIpc) is 2.77. The molecule has 36 heavy (non-hydrogen) atoms. The van der Waals surface area contributed by atoms with Crippen LogP contribution in [0.2, 0.25) is 0 Å². The van der Waals surface area contributed by atoms with Gasteiger partial charge in [0.1, 0.15) is 5.41 Å². The highest BCUT2D eigenvalue weighted by molar-refractivity contribution is 5.92. The Balaban J connectivity index is 0. The highest BCUT2D eigenvalue weighted by Crippen LogP contribution is 2.44. The number of carbonyl (C=O) groups is 5. The summed E-state index contributed by atoms with van der Waals surface area (Å²) in [5.74, 6) is -6.66. The van der Waals surface area contributed by atoms with Gasteiger partial charge in [0.25, 0.3) is 0 Å². The number of aliphatic carboxylic acids is 5. The van der Waals surface area contributed by atoms with Gasteiger partial charge >= 0.3 is 29.8 Å². The molecule has 0 saturated carbocycles. The third-order valence-electron chi connectivity index (χ3n) is 6.16. The summed E-state index contributed by atoms with van der Waals surface area (Å²) in [6.07, 6.45) is 1.86. The maximum Gasteiger partial charge on any atom is 0.337 e. The first-order valence-electron chi connectivity index (χ1n) is 12.1. The fourth-order valence-corrected chi connectivity index (χ4v) is 4.03. The molecule has 0 saturated heterocycles. The van der Waals surface area contributed by atoms with Crippen LogP contribution in [0.15, 0.2) is 0 Å². The minimum absolute atomic E-state index is 0.0432. The van der Waals surface area contributed by atoms with Gasteiger partial charge < -0.3 is 35.0 Å². The van der Waals surface area contributed by atoms with E-state index in [1.807, 2.05) is 13.8 Å². The van der Waals surface area contributed by atoms with Crippen LogP contribution >= 0.6 is 0 Å². The van der Waals surface area contributed by atoms with E-state index in [1.165, 1.54) is 20.8 Å². The van der Waals surface area contributed by atoms with Crippen molar-refractivity contribution in [2.24, 2.45) is 5.41 Å². The summed E-state index contributed by atoms with van der Waals surface area (Å²) < 4.78 is 10.5. The van der Waals surface area contributed by atoms with Gasteiger partial charge in [-0.3, -0.25) is 14.4 Å². The van der Waals surface area contributed by atoms with Crippen molar-refractivity contribution in [3.05, 3.63) is 0 Å². The van der Waals surface area contributed by atoms with Crippen molar-refractivity contribution in [3.8, 4) is 0 Å². The fourth-order valence-electron chi connectivity index (χ4n) is 4.03. The van der Waals surface area contributed by atoms with E-state index < -0.39 is 59.3 Å². The first kappa shape index (κ1) is 35.4. The molecular weight excluding hydrogens is 480 g/mol. The summed E-state index contributed by atoms with van der Waals surface area (Å²) in [7, 11) is 0. The molecule has 2 unspecified atom stereocenters. The monoisotopic (exact) mass is 522 g/mol. The van der Waals surface area contributed by atoms with Gasteiger partial charge in [0, 0.05) is 13.2 Å². The summed E-state index contributed by atoms with van der Waals surface area (Å²) in [5, 5.41) is 45.8. The van der Waals surface area contributed by atoms with Crippen LogP contribution < -0.4 is 0 Å². The third kappa shape index (κ3) is 9.38. The number of unbranched alkanes of at least 4 members (excludes halogenated alkanes) is 2. The zero-order valence-electron chi connectivity index (χ0n) is 21.9. The molecule has 0 bridgehead atoms. The predicted molar refractivity (Wildman–Crippen MR) is 128 cm³/mol. The van der Waals surface area contributed by atoms with Crippen LogP contribution in [0.3, 0.4) is 0 Å². The van der Waals surface area contributed by atoms with E-state index in [0.717, 1.165) is 19.3 Å². The lowest BCUT2D eigenvalue weighted by molar-refractivity contribution is -0.205. The Morgan fingerprint density at radius 3 is 1.44 bits per heavy atom. The normalized spacial score (nSPS) is 14.5. The van der Waals surface area contributed by atoms with Crippen LogP contribution in [-0.2, 0) is 33.4 Å². The lowest BCUT2D eigenvalue weighted by atomic mass is 9.66. The van der Waals surface area contributed by atoms with Gasteiger partial charge in [0.15, 0.2) is 11.2 Å². The second-order valence-electron chi connectivity index (χ2n) is 8.41. The van der Waals surface area contributed by atoms with Crippen molar-refractivity contribution in [1.82, 2.24) is 0 Å². The first-order valence-corrected chi connectivity index (χ1v) is 12.1. The van der Waals surface area contributed by atoms with Crippen molar-refractivity contribution in [3.63, 3.8) is 0 Å². The highest BCUT2D eigenvalue weighted by atomic mass is 16.5. The van der Waals surface area contributed by atoms with E-state index >= 15 is 0 Å².